The third kappa shape index (κ3) is 5.19. The Morgan fingerprint density at radius 3 is 2.66 bits per heavy atom. The second-order valence-electron chi connectivity index (χ2n) is 5.86. The van der Waals surface area contributed by atoms with Crippen molar-refractivity contribution in [3.05, 3.63) is 53.7 Å². The van der Waals surface area contributed by atoms with E-state index in [0.717, 1.165) is 17.8 Å². The summed E-state index contributed by atoms with van der Waals surface area (Å²) in [6, 6.07) is 8.29. The van der Waals surface area contributed by atoms with Gasteiger partial charge in [0.1, 0.15) is 5.25 Å². The minimum absolute atomic E-state index is 0.168. The van der Waals surface area contributed by atoms with Gasteiger partial charge >= 0.3 is 12.1 Å². The van der Waals surface area contributed by atoms with E-state index in [0.29, 0.717) is 11.1 Å². The van der Waals surface area contributed by atoms with E-state index in [1.807, 2.05) is 0 Å². The zero-order valence-corrected chi connectivity index (χ0v) is 15.4. The van der Waals surface area contributed by atoms with Crippen molar-refractivity contribution in [2.75, 3.05) is 0 Å². The Morgan fingerprint density at radius 2 is 2.00 bits per heavy atom. The van der Waals surface area contributed by atoms with E-state index in [1.54, 1.807) is 12.1 Å². The molecule has 1 aliphatic rings. The molecule has 1 amide bonds. The number of halogens is 3. The lowest BCUT2D eigenvalue weighted by atomic mass is 10.0. The number of rotatable bonds is 5. The van der Waals surface area contributed by atoms with Gasteiger partial charge in [-0.1, -0.05) is 36.0 Å². The van der Waals surface area contributed by atoms with Crippen LogP contribution in [0.2, 0.25) is 0 Å². The van der Waals surface area contributed by atoms with Gasteiger partial charge < -0.3 is 10.4 Å². The van der Waals surface area contributed by atoms with E-state index >= 15 is 0 Å². The summed E-state index contributed by atoms with van der Waals surface area (Å²) in [6.07, 6.45) is -2.19. The molecule has 3 rings (SSSR count). The first-order valence-electron chi connectivity index (χ1n) is 8.17. The second-order valence-corrected chi connectivity index (χ2v) is 7.05. The van der Waals surface area contributed by atoms with E-state index in [2.05, 4.69) is 20.5 Å². The number of amidine groups is 1. The predicted molar refractivity (Wildman–Crippen MR) is 101 cm³/mol. The van der Waals surface area contributed by atoms with Gasteiger partial charge in [-0.15, -0.1) is 5.10 Å². The Morgan fingerprint density at radius 1 is 1.28 bits per heavy atom. The third-order valence-electron chi connectivity index (χ3n) is 3.79. The van der Waals surface area contributed by atoms with Crippen molar-refractivity contribution in [2.45, 2.75) is 17.8 Å². The van der Waals surface area contributed by atoms with Crippen LogP contribution >= 0.6 is 11.8 Å². The zero-order valence-electron chi connectivity index (χ0n) is 14.6. The van der Waals surface area contributed by atoms with Crippen molar-refractivity contribution >= 4 is 35.0 Å². The monoisotopic (exact) mass is 422 g/mol. The van der Waals surface area contributed by atoms with Crippen LogP contribution in [-0.4, -0.2) is 38.6 Å². The van der Waals surface area contributed by atoms with Crippen LogP contribution in [0.5, 0.6) is 0 Å². The summed E-state index contributed by atoms with van der Waals surface area (Å²) in [4.78, 5) is 26.1. The molecule has 7 nitrogen and oxygen atoms in total. The molecule has 1 unspecified atom stereocenters. The number of nitrogens with zero attached hydrogens (tertiary/aromatic N) is 3. The number of amides is 1. The van der Waals surface area contributed by atoms with Gasteiger partial charge in [-0.2, -0.15) is 18.3 Å². The number of hydrogen-bond acceptors (Lipinski definition) is 6. The summed E-state index contributed by atoms with van der Waals surface area (Å²) in [5, 5.41) is 18.2. The fraction of sp³-hybridized carbons (Fsp3) is 0.167. The van der Waals surface area contributed by atoms with Gasteiger partial charge in [0.15, 0.2) is 5.17 Å². The Kier molecular flexibility index (Phi) is 5.97. The topological polar surface area (TPSA) is 104 Å². The maximum absolute atomic E-state index is 13.1. The van der Waals surface area contributed by atoms with Gasteiger partial charge in [0.25, 0.3) is 0 Å². The first-order chi connectivity index (χ1) is 13.7. The lowest BCUT2D eigenvalue weighted by Gasteiger charge is -2.11. The highest BCUT2D eigenvalue weighted by Crippen LogP contribution is 2.35. The van der Waals surface area contributed by atoms with E-state index < -0.39 is 28.9 Å². The number of thioether (sulfide) groups is 1. The van der Waals surface area contributed by atoms with Crippen LogP contribution in [0.1, 0.15) is 17.5 Å². The first kappa shape index (κ1) is 20.5. The molecule has 1 atom stereocenters. The molecule has 0 saturated carbocycles. The van der Waals surface area contributed by atoms with Crippen LogP contribution < -0.4 is 5.32 Å². The van der Waals surface area contributed by atoms with Crippen LogP contribution in [0, 0.1) is 0 Å². The lowest BCUT2D eigenvalue weighted by molar-refractivity contribution is -0.138. The minimum atomic E-state index is -4.51. The number of pyridine rings is 1. The molecule has 150 valence electrons. The van der Waals surface area contributed by atoms with Gasteiger partial charge in [0, 0.05) is 11.8 Å². The first-order valence-corrected chi connectivity index (χ1v) is 9.05. The summed E-state index contributed by atoms with van der Waals surface area (Å²) >= 11 is 0.966. The zero-order chi connectivity index (χ0) is 21.0. The molecule has 0 spiro atoms. The number of hydrogen-bond donors (Lipinski definition) is 2. The number of benzene rings is 1. The van der Waals surface area contributed by atoms with Crippen LogP contribution in [0.25, 0.3) is 11.3 Å². The largest absolute Gasteiger partial charge is 0.481 e. The molecule has 11 heteroatoms. The number of carbonyl (C=O) groups excluding carboxylic acids is 1. The van der Waals surface area contributed by atoms with E-state index in [4.69, 9.17) is 5.11 Å². The molecule has 1 fully saturated rings. The van der Waals surface area contributed by atoms with Crippen LogP contribution in [0.4, 0.5) is 13.2 Å². The summed E-state index contributed by atoms with van der Waals surface area (Å²) in [5.74, 6) is -1.55. The summed E-state index contributed by atoms with van der Waals surface area (Å²) in [6.45, 7) is 0. The van der Waals surface area contributed by atoms with Crippen molar-refractivity contribution in [1.82, 2.24) is 10.3 Å². The average molecular weight is 422 g/mol. The minimum Gasteiger partial charge on any atom is -0.481 e. The van der Waals surface area contributed by atoms with Crippen LogP contribution in [-0.2, 0) is 15.8 Å². The van der Waals surface area contributed by atoms with Crippen molar-refractivity contribution in [3.63, 3.8) is 0 Å². The highest BCUT2D eigenvalue weighted by molar-refractivity contribution is 8.15. The predicted octanol–water partition coefficient (Wildman–Crippen LogP) is 3.16. The molecule has 0 aliphatic carbocycles. The number of carboxylic acid groups (broad SMARTS) is 1. The van der Waals surface area contributed by atoms with Crippen molar-refractivity contribution in [3.8, 4) is 11.3 Å². The second kappa shape index (κ2) is 8.43. The molecular formula is C18H13F3N4O3S. The lowest BCUT2D eigenvalue weighted by Crippen LogP contribution is -2.26. The van der Waals surface area contributed by atoms with E-state index in [-0.39, 0.29) is 17.3 Å². The molecule has 1 aromatic heterocycles. The molecule has 29 heavy (non-hydrogen) atoms. The van der Waals surface area contributed by atoms with Crippen LogP contribution in [0.3, 0.4) is 0 Å². The maximum Gasteiger partial charge on any atom is 0.418 e. The standard InChI is InChI=1S/C18H13F3N4O3S/c19-18(20,21)12-2-1-7-22-15(12)11-5-3-10(4-6-11)9-23-25-17-24-16(28)13(29-17)8-14(26)27/h1-7,9,13H,8H2,(H,26,27)(H,24,25,28). The van der Waals surface area contributed by atoms with Gasteiger partial charge in [0.05, 0.1) is 23.9 Å². The molecule has 0 bridgehead atoms. The quantitative estimate of drug-likeness (QED) is 0.569. The molecule has 1 saturated heterocycles. The smallest absolute Gasteiger partial charge is 0.418 e. The maximum atomic E-state index is 13.1. The molecule has 1 aliphatic heterocycles. The highest BCUT2D eigenvalue weighted by atomic mass is 32.2. The fourth-order valence-corrected chi connectivity index (χ4v) is 3.40. The summed E-state index contributed by atoms with van der Waals surface area (Å²) < 4.78 is 39.3. The molecule has 2 heterocycles. The number of carbonyl (C=O) groups is 2. The SMILES string of the molecule is O=C(O)CC1SC(=NN=Cc2ccc(-c3ncccc3C(F)(F)F)cc2)NC1=O. The van der Waals surface area contributed by atoms with Crippen molar-refractivity contribution in [1.29, 1.82) is 0 Å². The van der Waals surface area contributed by atoms with Gasteiger partial charge in [-0.3, -0.25) is 14.6 Å². The van der Waals surface area contributed by atoms with E-state index in [9.17, 15) is 22.8 Å². The van der Waals surface area contributed by atoms with Gasteiger partial charge in [-0.05, 0) is 17.7 Å². The fourth-order valence-electron chi connectivity index (χ4n) is 2.48. The summed E-state index contributed by atoms with van der Waals surface area (Å²) in [7, 11) is 0. The number of aromatic nitrogens is 1. The van der Waals surface area contributed by atoms with Gasteiger partial charge in [0.2, 0.25) is 5.91 Å². The normalized spacial score (nSPS) is 18.4. The highest BCUT2D eigenvalue weighted by Gasteiger charge is 2.34. The molecule has 2 aromatic rings. The van der Waals surface area contributed by atoms with Crippen LogP contribution in [0.15, 0.2) is 52.8 Å². The average Bonchev–Trinajstić information content (AvgIpc) is 3.00. The molecule has 1 aromatic carbocycles. The molecule has 0 radical (unpaired) electrons. The Hall–Kier alpha value is -3.21. The third-order valence-corrected chi connectivity index (χ3v) is 4.86. The number of carboxylic acids is 1. The number of nitrogens with one attached hydrogen (secondary N) is 1. The van der Waals surface area contributed by atoms with Gasteiger partial charge in [-0.25, -0.2) is 0 Å². The Balaban J connectivity index is 1.71. The van der Waals surface area contributed by atoms with Crippen molar-refractivity contribution < 1.29 is 27.9 Å². The van der Waals surface area contributed by atoms with Crippen molar-refractivity contribution in [2.24, 2.45) is 10.2 Å². The van der Waals surface area contributed by atoms with E-state index in [1.165, 1.54) is 30.6 Å². The molecular weight excluding hydrogens is 409 g/mol. The number of alkyl halides is 3. The molecule has 2 N–H and O–H groups in total. The summed E-state index contributed by atoms with van der Waals surface area (Å²) in [5.41, 5.74) is -0.119. The number of aliphatic carboxylic acids is 1. The Bertz CT molecular complexity index is 991. The Labute approximate surface area is 166 Å².